The predicted octanol–water partition coefficient (Wildman–Crippen LogP) is 5.00. The van der Waals surface area contributed by atoms with Gasteiger partial charge in [-0.15, -0.1) is 11.3 Å². The first-order chi connectivity index (χ1) is 15.3. The molecule has 0 radical (unpaired) electrons. The highest BCUT2D eigenvalue weighted by Gasteiger charge is 2.36. The number of anilines is 2. The predicted molar refractivity (Wildman–Crippen MR) is 128 cm³/mol. The fraction of sp³-hybridized carbons (Fsp3) is 0.167. The number of carbonyl (C=O) groups is 1. The molecule has 0 unspecified atom stereocenters. The van der Waals surface area contributed by atoms with Crippen LogP contribution < -0.4 is 9.62 Å². The first-order valence-electron chi connectivity index (χ1n) is 10.2. The van der Waals surface area contributed by atoms with E-state index >= 15 is 0 Å². The van der Waals surface area contributed by atoms with E-state index in [1.807, 2.05) is 50.2 Å². The minimum absolute atomic E-state index is 0.0993. The molecule has 1 aliphatic rings. The molecule has 1 aliphatic heterocycles. The minimum Gasteiger partial charge on any atom is -0.322 e. The Labute approximate surface area is 190 Å². The fourth-order valence-electron chi connectivity index (χ4n) is 4.14. The normalized spacial score (nSPS) is 15.7. The summed E-state index contributed by atoms with van der Waals surface area (Å²) >= 11 is 1.56. The molecule has 2 heterocycles. The van der Waals surface area contributed by atoms with Gasteiger partial charge >= 0.3 is 0 Å². The quantitative estimate of drug-likeness (QED) is 0.462. The number of nitrogens with zero attached hydrogens (tertiary/aromatic N) is 2. The van der Waals surface area contributed by atoms with Crippen molar-refractivity contribution in [1.29, 1.82) is 0 Å². The summed E-state index contributed by atoms with van der Waals surface area (Å²) in [5, 5.41) is 3.82. The molecule has 4 aromatic rings. The molecule has 0 spiro atoms. The molecule has 0 bridgehead atoms. The van der Waals surface area contributed by atoms with E-state index in [4.69, 9.17) is 0 Å². The van der Waals surface area contributed by atoms with E-state index in [0.717, 1.165) is 20.8 Å². The third-order valence-electron chi connectivity index (χ3n) is 5.55. The van der Waals surface area contributed by atoms with Crippen molar-refractivity contribution < 1.29 is 13.2 Å². The summed E-state index contributed by atoms with van der Waals surface area (Å²) < 4.78 is 29.4. The maximum atomic E-state index is 13.5. The number of fused-ring (bicyclic) bond motifs is 2. The highest BCUT2D eigenvalue weighted by molar-refractivity contribution is 7.92. The van der Waals surface area contributed by atoms with Gasteiger partial charge in [0.05, 0.1) is 25.8 Å². The van der Waals surface area contributed by atoms with Gasteiger partial charge in [0.1, 0.15) is 0 Å². The van der Waals surface area contributed by atoms with Crippen molar-refractivity contribution in [3.8, 4) is 0 Å². The maximum absolute atomic E-state index is 13.5. The summed E-state index contributed by atoms with van der Waals surface area (Å²) in [6.45, 7) is 3.83. The average molecular weight is 464 g/mol. The number of sulfonamides is 1. The zero-order valence-corrected chi connectivity index (χ0v) is 19.2. The van der Waals surface area contributed by atoms with Gasteiger partial charge in [-0.3, -0.25) is 9.10 Å². The van der Waals surface area contributed by atoms with Crippen LogP contribution in [0.5, 0.6) is 0 Å². The second kappa shape index (κ2) is 7.72. The van der Waals surface area contributed by atoms with E-state index in [9.17, 15) is 13.2 Å². The van der Waals surface area contributed by atoms with Gasteiger partial charge in [-0.2, -0.15) is 0 Å². The van der Waals surface area contributed by atoms with Gasteiger partial charge in [0.15, 0.2) is 0 Å². The van der Waals surface area contributed by atoms with Crippen molar-refractivity contribution >= 4 is 48.9 Å². The van der Waals surface area contributed by atoms with Gasteiger partial charge in [-0.1, -0.05) is 24.3 Å². The fourth-order valence-corrected chi connectivity index (χ4v) is 6.74. The molecular formula is C24H21N3O3S2. The van der Waals surface area contributed by atoms with Crippen LogP contribution in [0.3, 0.4) is 0 Å². The van der Waals surface area contributed by atoms with Gasteiger partial charge in [0.25, 0.3) is 15.9 Å². The Kier molecular flexibility index (Phi) is 4.98. The van der Waals surface area contributed by atoms with Crippen LogP contribution >= 0.6 is 11.3 Å². The lowest BCUT2D eigenvalue weighted by atomic mass is 10.1. The van der Waals surface area contributed by atoms with Gasteiger partial charge < -0.3 is 5.32 Å². The molecule has 1 aromatic heterocycles. The lowest BCUT2D eigenvalue weighted by Crippen LogP contribution is -2.35. The third-order valence-corrected chi connectivity index (χ3v) is 8.41. The number of aryl methyl sites for hydroxylation is 1. The molecule has 1 atom stereocenters. The van der Waals surface area contributed by atoms with Crippen molar-refractivity contribution in [2.24, 2.45) is 0 Å². The van der Waals surface area contributed by atoms with Crippen molar-refractivity contribution in [2.45, 2.75) is 31.2 Å². The highest BCUT2D eigenvalue weighted by atomic mass is 32.2. The number of carbonyl (C=O) groups excluding carboxylic acids is 1. The SMILES string of the molecule is Cc1nc2ccc(NC(=O)c3cccc(S(=O)(=O)N4c5ccccc5C[C@H]4C)c3)cc2s1. The molecule has 1 amide bonds. The van der Waals surface area contributed by atoms with Crippen LogP contribution in [0.15, 0.2) is 71.6 Å². The number of aromatic nitrogens is 1. The van der Waals surface area contributed by atoms with Crippen molar-refractivity contribution in [1.82, 2.24) is 4.98 Å². The van der Waals surface area contributed by atoms with E-state index in [2.05, 4.69) is 10.3 Å². The van der Waals surface area contributed by atoms with Crippen LogP contribution in [0.2, 0.25) is 0 Å². The van der Waals surface area contributed by atoms with Gasteiger partial charge in [0, 0.05) is 17.3 Å². The van der Waals surface area contributed by atoms with Crippen LogP contribution in [0.25, 0.3) is 10.2 Å². The Morgan fingerprint density at radius 3 is 2.75 bits per heavy atom. The van der Waals surface area contributed by atoms with Crippen molar-refractivity contribution in [2.75, 3.05) is 9.62 Å². The highest BCUT2D eigenvalue weighted by Crippen LogP contribution is 2.36. The molecule has 162 valence electrons. The lowest BCUT2D eigenvalue weighted by Gasteiger charge is -2.24. The van der Waals surface area contributed by atoms with Gasteiger partial charge in [-0.05, 0) is 68.3 Å². The topological polar surface area (TPSA) is 79.4 Å². The van der Waals surface area contributed by atoms with Gasteiger partial charge in [-0.25, -0.2) is 13.4 Å². The van der Waals surface area contributed by atoms with Crippen LogP contribution in [-0.4, -0.2) is 25.4 Å². The van der Waals surface area contributed by atoms with Crippen molar-refractivity contribution in [3.05, 3.63) is 82.9 Å². The van der Waals surface area contributed by atoms with E-state index in [1.165, 1.54) is 16.4 Å². The summed E-state index contributed by atoms with van der Waals surface area (Å²) in [5.74, 6) is -0.363. The Morgan fingerprint density at radius 2 is 1.91 bits per heavy atom. The number of rotatable bonds is 4. The Hall–Kier alpha value is -3.23. The summed E-state index contributed by atoms with van der Waals surface area (Å²) in [6, 6.07) is 19.1. The van der Waals surface area contributed by atoms with E-state index in [-0.39, 0.29) is 22.4 Å². The number of hydrogen-bond acceptors (Lipinski definition) is 5. The monoisotopic (exact) mass is 463 g/mol. The number of benzene rings is 3. The zero-order chi connectivity index (χ0) is 22.5. The number of amides is 1. The Balaban J connectivity index is 1.44. The smallest absolute Gasteiger partial charge is 0.264 e. The number of para-hydroxylation sites is 1. The Bertz CT molecular complexity index is 1460. The third kappa shape index (κ3) is 3.55. The molecule has 0 aliphatic carbocycles. The van der Waals surface area contributed by atoms with E-state index < -0.39 is 10.0 Å². The molecule has 3 aromatic carbocycles. The second-order valence-electron chi connectivity index (χ2n) is 7.88. The molecular weight excluding hydrogens is 442 g/mol. The zero-order valence-electron chi connectivity index (χ0n) is 17.6. The van der Waals surface area contributed by atoms with Crippen LogP contribution in [0.1, 0.15) is 27.9 Å². The standard InChI is InChI=1S/C24H21N3O3S2/c1-15-12-17-6-3-4-9-22(17)27(15)32(29,30)20-8-5-7-18(13-20)24(28)26-19-10-11-21-23(14-19)31-16(2)25-21/h3-11,13-15H,12H2,1-2H3,(H,26,28)/t15-/m1/s1. The summed E-state index contributed by atoms with van der Waals surface area (Å²) in [4.78, 5) is 17.4. The van der Waals surface area contributed by atoms with E-state index in [1.54, 1.807) is 29.5 Å². The number of nitrogens with one attached hydrogen (secondary N) is 1. The second-order valence-corrected chi connectivity index (χ2v) is 10.9. The molecule has 0 saturated heterocycles. The largest absolute Gasteiger partial charge is 0.322 e. The van der Waals surface area contributed by atoms with Crippen LogP contribution in [-0.2, 0) is 16.4 Å². The number of thiazole rings is 1. The molecule has 32 heavy (non-hydrogen) atoms. The molecule has 1 N–H and O–H groups in total. The Morgan fingerprint density at radius 1 is 1.09 bits per heavy atom. The molecule has 8 heteroatoms. The minimum atomic E-state index is -3.81. The van der Waals surface area contributed by atoms with Crippen LogP contribution in [0, 0.1) is 6.92 Å². The number of hydrogen-bond donors (Lipinski definition) is 1. The lowest BCUT2D eigenvalue weighted by molar-refractivity contribution is 0.102. The van der Waals surface area contributed by atoms with Crippen molar-refractivity contribution in [3.63, 3.8) is 0 Å². The molecule has 6 nitrogen and oxygen atoms in total. The first-order valence-corrected chi connectivity index (χ1v) is 12.5. The molecule has 0 saturated carbocycles. The summed E-state index contributed by atoms with van der Waals surface area (Å²) in [5.41, 5.74) is 3.51. The van der Waals surface area contributed by atoms with Gasteiger partial charge in [0.2, 0.25) is 0 Å². The maximum Gasteiger partial charge on any atom is 0.264 e. The average Bonchev–Trinajstić information content (AvgIpc) is 3.31. The molecule has 0 fully saturated rings. The van der Waals surface area contributed by atoms with E-state index in [0.29, 0.717) is 17.8 Å². The first kappa shape index (κ1) is 20.7. The summed E-state index contributed by atoms with van der Waals surface area (Å²) in [7, 11) is -3.81. The summed E-state index contributed by atoms with van der Waals surface area (Å²) in [6.07, 6.45) is 0.662. The molecule has 5 rings (SSSR count). The van der Waals surface area contributed by atoms with Crippen LogP contribution in [0.4, 0.5) is 11.4 Å².